The van der Waals surface area contributed by atoms with Crippen LogP contribution >= 0.6 is 11.3 Å². The number of hydrazone groups is 1. The van der Waals surface area contributed by atoms with E-state index in [1.165, 1.54) is 10.4 Å². The molecule has 32 heavy (non-hydrogen) atoms. The van der Waals surface area contributed by atoms with Crippen LogP contribution in [0.3, 0.4) is 0 Å². The van der Waals surface area contributed by atoms with E-state index in [0.29, 0.717) is 25.2 Å². The van der Waals surface area contributed by atoms with Crippen LogP contribution in [0.5, 0.6) is 0 Å². The van der Waals surface area contributed by atoms with Crippen molar-refractivity contribution in [3.05, 3.63) is 88.1 Å². The Hall–Kier alpha value is -3.45. The predicted octanol–water partition coefficient (Wildman–Crippen LogP) is 4.18. The number of ether oxygens (including phenoxy) is 1. The third-order valence-corrected chi connectivity index (χ3v) is 6.86. The van der Waals surface area contributed by atoms with Crippen molar-refractivity contribution in [1.29, 1.82) is 0 Å². The van der Waals surface area contributed by atoms with Crippen LogP contribution in [0.25, 0.3) is 0 Å². The van der Waals surface area contributed by atoms with Gasteiger partial charge in [0.15, 0.2) is 6.61 Å². The van der Waals surface area contributed by atoms with Gasteiger partial charge in [0.2, 0.25) is 0 Å². The standard InChI is InChI=1S/C25H23N3O3S/c29-24(27-13-11-23-19(16-27)12-14-32-23)17-31-25(30)21-15-22(18-7-3-1-4-8-18)28(26-21)20-9-5-2-6-10-20/h1-10,12,14,22H,11,13,15-17H2. The van der Waals surface area contributed by atoms with Crippen molar-refractivity contribution in [2.45, 2.75) is 25.4 Å². The van der Waals surface area contributed by atoms with Gasteiger partial charge in [-0.25, -0.2) is 4.79 Å². The van der Waals surface area contributed by atoms with E-state index in [2.05, 4.69) is 16.5 Å². The number of para-hydroxylation sites is 1. The largest absolute Gasteiger partial charge is 0.451 e. The Morgan fingerprint density at radius 3 is 2.56 bits per heavy atom. The van der Waals surface area contributed by atoms with Crippen molar-refractivity contribution in [2.24, 2.45) is 5.10 Å². The van der Waals surface area contributed by atoms with Gasteiger partial charge in [0.05, 0.1) is 11.7 Å². The number of nitrogens with zero attached hydrogens (tertiary/aromatic N) is 3. The Kier molecular flexibility index (Phi) is 5.73. The van der Waals surface area contributed by atoms with Gasteiger partial charge < -0.3 is 9.64 Å². The number of esters is 1. The number of anilines is 1. The maximum atomic E-state index is 12.8. The molecule has 7 heteroatoms. The molecule has 1 aromatic heterocycles. The van der Waals surface area contributed by atoms with Crippen molar-refractivity contribution < 1.29 is 14.3 Å². The number of carbonyl (C=O) groups is 2. The lowest BCUT2D eigenvalue weighted by molar-refractivity contribution is -0.147. The highest BCUT2D eigenvalue weighted by atomic mass is 32.1. The summed E-state index contributed by atoms with van der Waals surface area (Å²) in [5.41, 5.74) is 3.48. The fourth-order valence-electron chi connectivity index (χ4n) is 4.15. The highest BCUT2D eigenvalue weighted by Crippen LogP contribution is 2.35. The minimum absolute atomic E-state index is 0.101. The van der Waals surface area contributed by atoms with Gasteiger partial charge >= 0.3 is 5.97 Å². The Labute approximate surface area is 190 Å². The Morgan fingerprint density at radius 1 is 1.03 bits per heavy atom. The van der Waals surface area contributed by atoms with Crippen molar-refractivity contribution in [3.63, 3.8) is 0 Å². The fraction of sp³-hybridized carbons (Fsp3) is 0.240. The van der Waals surface area contributed by atoms with E-state index in [4.69, 9.17) is 4.74 Å². The maximum Gasteiger partial charge on any atom is 0.355 e. The van der Waals surface area contributed by atoms with Gasteiger partial charge in [-0.1, -0.05) is 48.5 Å². The van der Waals surface area contributed by atoms with Crippen LogP contribution in [0, 0.1) is 0 Å². The third-order valence-electron chi connectivity index (χ3n) is 5.84. The summed E-state index contributed by atoms with van der Waals surface area (Å²) >= 11 is 1.73. The van der Waals surface area contributed by atoms with E-state index in [0.717, 1.165) is 17.7 Å². The quantitative estimate of drug-likeness (QED) is 0.553. The molecule has 0 N–H and O–H groups in total. The molecule has 2 aromatic carbocycles. The molecule has 0 radical (unpaired) electrons. The number of rotatable bonds is 5. The summed E-state index contributed by atoms with van der Waals surface area (Å²) in [6.45, 7) is 0.968. The van der Waals surface area contributed by atoms with E-state index in [1.807, 2.05) is 65.7 Å². The summed E-state index contributed by atoms with van der Waals surface area (Å²) < 4.78 is 5.39. The van der Waals surface area contributed by atoms with Gasteiger partial charge in [-0.2, -0.15) is 5.10 Å². The molecule has 0 spiro atoms. The lowest BCUT2D eigenvalue weighted by Gasteiger charge is -2.26. The van der Waals surface area contributed by atoms with E-state index in [-0.39, 0.29) is 18.6 Å². The summed E-state index contributed by atoms with van der Waals surface area (Å²) in [7, 11) is 0. The average molecular weight is 446 g/mol. The second-order valence-corrected chi connectivity index (χ2v) is 8.87. The average Bonchev–Trinajstić information content (AvgIpc) is 3.50. The molecule has 3 aromatic rings. The zero-order valence-corrected chi connectivity index (χ0v) is 18.3. The fourth-order valence-corrected chi connectivity index (χ4v) is 5.04. The van der Waals surface area contributed by atoms with Crippen molar-refractivity contribution in [1.82, 2.24) is 4.90 Å². The molecule has 0 saturated heterocycles. The van der Waals surface area contributed by atoms with E-state index in [9.17, 15) is 9.59 Å². The molecule has 0 fully saturated rings. The topological polar surface area (TPSA) is 62.2 Å². The number of carbonyl (C=O) groups excluding carboxylic acids is 2. The van der Waals surface area contributed by atoms with E-state index < -0.39 is 5.97 Å². The first kappa shape index (κ1) is 20.5. The van der Waals surface area contributed by atoms with Crippen LogP contribution in [-0.2, 0) is 27.3 Å². The first-order chi connectivity index (χ1) is 15.7. The minimum Gasteiger partial charge on any atom is -0.451 e. The number of benzene rings is 2. The smallest absolute Gasteiger partial charge is 0.355 e. The van der Waals surface area contributed by atoms with Crippen LogP contribution in [0.1, 0.15) is 28.5 Å². The highest BCUT2D eigenvalue weighted by Gasteiger charge is 2.33. The first-order valence-corrected chi connectivity index (χ1v) is 11.5. The Morgan fingerprint density at radius 2 is 1.78 bits per heavy atom. The summed E-state index contributed by atoms with van der Waals surface area (Å²) in [6, 6.07) is 21.7. The molecule has 0 aliphatic carbocycles. The molecule has 3 heterocycles. The molecule has 2 aliphatic rings. The van der Waals surface area contributed by atoms with Crippen LogP contribution in [-0.4, -0.2) is 35.6 Å². The molecule has 1 amide bonds. The van der Waals surface area contributed by atoms with E-state index >= 15 is 0 Å². The number of amides is 1. The summed E-state index contributed by atoms with van der Waals surface area (Å²) in [5, 5.41) is 8.49. The number of hydrogen-bond acceptors (Lipinski definition) is 6. The van der Waals surface area contributed by atoms with Gasteiger partial charge in [0.1, 0.15) is 5.71 Å². The number of thiophene rings is 1. The highest BCUT2D eigenvalue weighted by molar-refractivity contribution is 7.10. The SMILES string of the molecule is O=C(OCC(=O)N1CCc2sccc2C1)C1=NN(c2ccccc2)C(c2ccccc2)C1. The maximum absolute atomic E-state index is 12.8. The Balaban J connectivity index is 1.26. The molecule has 5 rings (SSSR count). The molecule has 0 saturated carbocycles. The predicted molar refractivity (Wildman–Crippen MR) is 125 cm³/mol. The van der Waals surface area contributed by atoms with Crippen LogP contribution in [0.15, 0.2) is 77.2 Å². The zero-order valence-electron chi connectivity index (χ0n) is 17.5. The number of fused-ring (bicyclic) bond motifs is 1. The van der Waals surface area contributed by atoms with E-state index in [1.54, 1.807) is 16.2 Å². The lowest BCUT2D eigenvalue weighted by Crippen LogP contribution is -2.38. The molecule has 1 unspecified atom stereocenters. The first-order valence-electron chi connectivity index (χ1n) is 10.7. The van der Waals surface area contributed by atoms with Crippen molar-refractivity contribution >= 4 is 34.6 Å². The summed E-state index contributed by atoms with van der Waals surface area (Å²) in [4.78, 5) is 28.5. The zero-order chi connectivity index (χ0) is 21.9. The Bertz CT molecular complexity index is 1140. The van der Waals surface area contributed by atoms with Gasteiger partial charge in [-0.3, -0.25) is 9.80 Å². The van der Waals surface area contributed by atoms with Crippen molar-refractivity contribution in [3.8, 4) is 0 Å². The van der Waals surface area contributed by atoms with Gasteiger partial charge in [0, 0.05) is 24.4 Å². The number of hydrogen-bond donors (Lipinski definition) is 0. The van der Waals surface area contributed by atoms with Crippen LogP contribution < -0.4 is 5.01 Å². The summed E-state index contributed by atoms with van der Waals surface area (Å²) in [5.74, 6) is -0.709. The molecule has 0 bridgehead atoms. The molecule has 6 nitrogen and oxygen atoms in total. The third kappa shape index (κ3) is 4.16. The normalized spacial score (nSPS) is 17.6. The molecule has 2 aliphatic heterocycles. The minimum atomic E-state index is -0.536. The second-order valence-electron chi connectivity index (χ2n) is 7.87. The van der Waals surface area contributed by atoms with Crippen LogP contribution in [0.2, 0.25) is 0 Å². The summed E-state index contributed by atoms with van der Waals surface area (Å²) in [6.07, 6.45) is 1.28. The van der Waals surface area contributed by atoms with Gasteiger partial charge in [-0.15, -0.1) is 11.3 Å². The lowest BCUT2D eigenvalue weighted by atomic mass is 10.0. The van der Waals surface area contributed by atoms with Crippen LogP contribution in [0.4, 0.5) is 5.69 Å². The molecular formula is C25H23N3O3S. The van der Waals surface area contributed by atoms with Crippen molar-refractivity contribution in [2.75, 3.05) is 18.2 Å². The van der Waals surface area contributed by atoms with Gasteiger partial charge in [-0.05, 0) is 41.1 Å². The second kappa shape index (κ2) is 8.96. The molecule has 1 atom stereocenters. The molecule has 162 valence electrons. The molecular weight excluding hydrogens is 422 g/mol. The monoisotopic (exact) mass is 445 g/mol. The van der Waals surface area contributed by atoms with Gasteiger partial charge in [0.25, 0.3) is 5.91 Å².